The third-order valence-electron chi connectivity index (χ3n) is 3.21. The van der Waals surface area contributed by atoms with Crippen LogP contribution in [0.25, 0.3) is 0 Å². The molecule has 1 unspecified atom stereocenters. The van der Waals surface area contributed by atoms with E-state index in [0.717, 1.165) is 16.5 Å². The molecular weight excluding hydrogens is 350 g/mol. The van der Waals surface area contributed by atoms with Crippen LogP contribution in [-0.4, -0.2) is 30.8 Å². The Balaban J connectivity index is 3.00. The van der Waals surface area contributed by atoms with Gasteiger partial charge in [0.15, 0.2) is 11.5 Å². The first-order valence-corrected chi connectivity index (χ1v) is 8.15. The Hall–Kier alpha value is -1.27. The molecule has 6 heteroatoms. The Morgan fingerprint density at radius 3 is 2.59 bits per heavy atom. The molecule has 1 rings (SSSR count). The number of aliphatic carboxylic acids is 1. The third kappa shape index (κ3) is 5.18. The normalized spacial score (nSPS) is 12.3. The largest absolute Gasteiger partial charge is 0.493 e. The molecule has 1 aromatic rings. The molecule has 0 aliphatic rings. The van der Waals surface area contributed by atoms with Gasteiger partial charge in [0.1, 0.15) is 6.04 Å². The highest BCUT2D eigenvalue weighted by atomic mass is 79.9. The average Bonchev–Trinajstić information content (AvgIpc) is 2.44. The van der Waals surface area contributed by atoms with Crippen LogP contribution in [0.15, 0.2) is 16.6 Å². The molecule has 2 N–H and O–H groups in total. The fourth-order valence-corrected chi connectivity index (χ4v) is 2.59. The Morgan fingerprint density at radius 2 is 2.09 bits per heavy atom. The number of ether oxygens (including phenoxy) is 2. The van der Waals surface area contributed by atoms with Crippen LogP contribution in [0.5, 0.6) is 11.5 Å². The van der Waals surface area contributed by atoms with Gasteiger partial charge in [-0.2, -0.15) is 0 Å². The van der Waals surface area contributed by atoms with Crippen molar-refractivity contribution in [3.8, 4) is 11.5 Å². The van der Waals surface area contributed by atoms with Crippen molar-refractivity contribution < 1.29 is 19.4 Å². The topological polar surface area (TPSA) is 67.8 Å². The molecule has 0 fully saturated rings. The fourth-order valence-electron chi connectivity index (χ4n) is 2.10. The standard InChI is InChI=1S/C16H24BrNO4/c1-5-6-22-15-11(7-12(17)8-13(15)21-4)9-18-14(10(2)3)16(19)20/h7-8,10,14,18H,5-6,9H2,1-4H3,(H,19,20). The van der Waals surface area contributed by atoms with Crippen LogP contribution in [-0.2, 0) is 11.3 Å². The zero-order valence-corrected chi connectivity index (χ0v) is 15.1. The molecule has 0 radical (unpaired) electrons. The maximum Gasteiger partial charge on any atom is 0.320 e. The zero-order chi connectivity index (χ0) is 16.7. The van der Waals surface area contributed by atoms with Gasteiger partial charge in [-0.3, -0.25) is 10.1 Å². The molecule has 0 aliphatic carbocycles. The first-order chi connectivity index (χ1) is 10.4. The summed E-state index contributed by atoms with van der Waals surface area (Å²) in [6, 6.07) is 3.15. The van der Waals surface area contributed by atoms with Crippen LogP contribution in [0.2, 0.25) is 0 Å². The van der Waals surface area contributed by atoms with Crippen molar-refractivity contribution in [3.05, 3.63) is 22.2 Å². The molecule has 1 aromatic carbocycles. The van der Waals surface area contributed by atoms with E-state index in [-0.39, 0.29) is 5.92 Å². The predicted octanol–water partition coefficient (Wildman–Crippen LogP) is 3.45. The fraction of sp³-hybridized carbons (Fsp3) is 0.562. The zero-order valence-electron chi connectivity index (χ0n) is 13.5. The summed E-state index contributed by atoms with van der Waals surface area (Å²) in [5.74, 6) is 0.434. The van der Waals surface area contributed by atoms with Gasteiger partial charge in [0.2, 0.25) is 0 Å². The molecule has 0 aromatic heterocycles. The van der Waals surface area contributed by atoms with Crippen LogP contribution in [0.1, 0.15) is 32.8 Å². The summed E-state index contributed by atoms with van der Waals surface area (Å²) in [7, 11) is 1.59. The van der Waals surface area contributed by atoms with Crippen molar-refractivity contribution in [1.29, 1.82) is 0 Å². The summed E-state index contributed by atoms with van der Waals surface area (Å²) in [5.41, 5.74) is 0.867. The maximum atomic E-state index is 11.3. The summed E-state index contributed by atoms with van der Waals surface area (Å²) < 4.78 is 12.0. The maximum absolute atomic E-state index is 11.3. The van der Waals surface area contributed by atoms with Gasteiger partial charge in [-0.1, -0.05) is 36.7 Å². The van der Waals surface area contributed by atoms with E-state index in [4.69, 9.17) is 9.47 Å². The van der Waals surface area contributed by atoms with Crippen molar-refractivity contribution in [1.82, 2.24) is 5.32 Å². The SMILES string of the molecule is CCCOc1c(CNC(C(=O)O)C(C)C)cc(Br)cc1OC. The molecule has 0 saturated carbocycles. The number of carboxylic acids is 1. The number of hydrogen-bond acceptors (Lipinski definition) is 4. The van der Waals surface area contributed by atoms with Crippen molar-refractivity contribution in [2.45, 2.75) is 39.8 Å². The van der Waals surface area contributed by atoms with Crippen LogP contribution >= 0.6 is 15.9 Å². The van der Waals surface area contributed by atoms with Gasteiger partial charge in [0.05, 0.1) is 13.7 Å². The Kier molecular flexibility index (Phi) is 7.68. The number of methoxy groups -OCH3 is 1. The summed E-state index contributed by atoms with van der Waals surface area (Å²) >= 11 is 3.44. The van der Waals surface area contributed by atoms with E-state index in [9.17, 15) is 9.90 Å². The van der Waals surface area contributed by atoms with Gasteiger partial charge in [0, 0.05) is 16.6 Å². The first-order valence-electron chi connectivity index (χ1n) is 7.36. The minimum absolute atomic E-state index is 0.00782. The monoisotopic (exact) mass is 373 g/mol. The smallest absolute Gasteiger partial charge is 0.320 e. The molecule has 0 saturated heterocycles. The molecule has 5 nitrogen and oxygen atoms in total. The summed E-state index contributed by atoms with van der Waals surface area (Å²) in [6.45, 7) is 6.76. The molecule has 0 amide bonds. The lowest BCUT2D eigenvalue weighted by Gasteiger charge is -2.20. The number of carbonyl (C=O) groups is 1. The molecule has 0 bridgehead atoms. The minimum Gasteiger partial charge on any atom is -0.493 e. The summed E-state index contributed by atoms with van der Waals surface area (Å²) in [5, 5.41) is 12.3. The minimum atomic E-state index is -0.854. The lowest BCUT2D eigenvalue weighted by atomic mass is 10.0. The molecule has 124 valence electrons. The van der Waals surface area contributed by atoms with E-state index in [1.807, 2.05) is 32.9 Å². The first kappa shape index (κ1) is 18.8. The third-order valence-corrected chi connectivity index (χ3v) is 3.67. The quantitative estimate of drug-likeness (QED) is 0.693. The van der Waals surface area contributed by atoms with Crippen LogP contribution in [0.3, 0.4) is 0 Å². The molecule has 0 heterocycles. The highest BCUT2D eigenvalue weighted by Crippen LogP contribution is 2.35. The Labute approximate surface area is 140 Å². The number of rotatable bonds is 9. The van der Waals surface area contributed by atoms with Crippen molar-refractivity contribution in [3.63, 3.8) is 0 Å². The lowest BCUT2D eigenvalue weighted by molar-refractivity contribution is -0.140. The lowest BCUT2D eigenvalue weighted by Crippen LogP contribution is -2.40. The second kappa shape index (κ2) is 9.00. The molecule has 0 aliphatic heterocycles. The Bertz CT molecular complexity index is 505. The van der Waals surface area contributed by atoms with Crippen molar-refractivity contribution in [2.75, 3.05) is 13.7 Å². The van der Waals surface area contributed by atoms with Crippen molar-refractivity contribution in [2.24, 2.45) is 5.92 Å². The highest BCUT2D eigenvalue weighted by molar-refractivity contribution is 9.10. The van der Waals surface area contributed by atoms with Gasteiger partial charge in [-0.15, -0.1) is 0 Å². The predicted molar refractivity (Wildman–Crippen MR) is 89.6 cm³/mol. The van der Waals surface area contributed by atoms with Gasteiger partial charge < -0.3 is 14.6 Å². The van der Waals surface area contributed by atoms with Gasteiger partial charge in [-0.05, 0) is 24.5 Å². The number of hydrogen-bond donors (Lipinski definition) is 2. The molecule has 0 spiro atoms. The van der Waals surface area contributed by atoms with Gasteiger partial charge >= 0.3 is 5.97 Å². The van der Waals surface area contributed by atoms with E-state index < -0.39 is 12.0 Å². The van der Waals surface area contributed by atoms with E-state index >= 15 is 0 Å². The van der Waals surface area contributed by atoms with E-state index in [0.29, 0.717) is 24.7 Å². The molecule has 22 heavy (non-hydrogen) atoms. The second-order valence-corrected chi connectivity index (χ2v) is 6.30. The highest BCUT2D eigenvalue weighted by Gasteiger charge is 2.22. The van der Waals surface area contributed by atoms with Crippen LogP contribution in [0, 0.1) is 5.92 Å². The van der Waals surface area contributed by atoms with Crippen LogP contribution in [0.4, 0.5) is 0 Å². The number of benzene rings is 1. The average molecular weight is 374 g/mol. The summed E-state index contributed by atoms with van der Waals surface area (Å²) in [4.78, 5) is 11.3. The van der Waals surface area contributed by atoms with Gasteiger partial charge in [0.25, 0.3) is 0 Å². The Morgan fingerprint density at radius 1 is 1.41 bits per heavy atom. The van der Waals surface area contributed by atoms with E-state index in [2.05, 4.69) is 21.2 Å². The summed E-state index contributed by atoms with van der Waals surface area (Å²) in [6.07, 6.45) is 0.885. The van der Waals surface area contributed by atoms with Crippen molar-refractivity contribution >= 4 is 21.9 Å². The number of carboxylic acid groups (broad SMARTS) is 1. The van der Waals surface area contributed by atoms with E-state index in [1.54, 1.807) is 7.11 Å². The second-order valence-electron chi connectivity index (χ2n) is 5.39. The van der Waals surface area contributed by atoms with Gasteiger partial charge in [-0.25, -0.2) is 0 Å². The van der Waals surface area contributed by atoms with E-state index in [1.165, 1.54) is 0 Å². The van der Waals surface area contributed by atoms with Crippen LogP contribution < -0.4 is 14.8 Å². The number of nitrogens with one attached hydrogen (secondary N) is 1. The molecular formula is C16H24BrNO4. The molecule has 1 atom stereocenters. The number of halogens is 1.